The minimum atomic E-state index is -0.971. The first-order chi connectivity index (χ1) is 16.3. The Morgan fingerprint density at radius 2 is 1.71 bits per heavy atom. The summed E-state index contributed by atoms with van der Waals surface area (Å²) in [5, 5.41) is 13.3. The summed E-state index contributed by atoms with van der Waals surface area (Å²) in [4.78, 5) is 45.2. The highest BCUT2D eigenvalue weighted by atomic mass is 16.4. The van der Waals surface area contributed by atoms with Gasteiger partial charge in [-0.25, -0.2) is 0 Å². The van der Waals surface area contributed by atoms with Crippen molar-refractivity contribution in [3.8, 4) is 0 Å². The van der Waals surface area contributed by atoms with Crippen molar-refractivity contribution >= 4 is 28.7 Å². The average molecular weight is 469 g/mol. The zero-order valence-electron chi connectivity index (χ0n) is 20.1. The standard InChI is InChI=1S/C26H36N4O4/c1-17(26(33)34)15-23(28-24(31)21-4-3-20-5-10-27-22(20)16-21)25(32)30-13-8-19(9-14-30)18-6-11-29(2)12-7-18/h3-5,10,16-19,23,27H,6-9,11-15H2,1-2H3,(H,28,31)(H,33,34)/t17?,23-/m1/s1. The predicted octanol–water partition coefficient (Wildman–Crippen LogP) is 2.96. The van der Waals surface area contributed by atoms with Gasteiger partial charge >= 0.3 is 5.97 Å². The molecule has 2 saturated heterocycles. The van der Waals surface area contributed by atoms with E-state index in [1.807, 2.05) is 23.2 Å². The van der Waals surface area contributed by atoms with Crippen LogP contribution in [0.15, 0.2) is 30.5 Å². The maximum atomic E-state index is 13.4. The molecule has 2 amide bonds. The van der Waals surface area contributed by atoms with Crippen LogP contribution in [0.1, 0.15) is 49.4 Å². The van der Waals surface area contributed by atoms with Crippen molar-refractivity contribution in [1.82, 2.24) is 20.1 Å². The number of carbonyl (C=O) groups excluding carboxylic acids is 2. The lowest BCUT2D eigenvalue weighted by atomic mass is 9.79. The van der Waals surface area contributed by atoms with Crippen LogP contribution >= 0.6 is 0 Å². The summed E-state index contributed by atoms with van der Waals surface area (Å²) in [5.74, 6) is -0.897. The third-order valence-electron chi connectivity index (χ3n) is 7.71. The van der Waals surface area contributed by atoms with E-state index >= 15 is 0 Å². The fourth-order valence-corrected chi connectivity index (χ4v) is 5.42. The molecule has 1 aromatic heterocycles. The summed E-state index contributed by atoms with van der Waals surface area (Å²) < 4.78 is 0. The number of likely N-dealkylation sites (tertiary alicyclic amines) is 2. The number of carbonyl (C=O) groups is 3. The number of piperidine rings is 2. The van der Waals surface area contributed by atoms with Crippen LogP contribution in [-0.4, -0.2) is 76.9 Å². The van der Waals surface area contributed by atoms with Gasteiger partial charge in [0.25, 0.3) is 5.91 Å². The Bertz CT molecular complexity index is 1020. The lowest BCUT2D eigenvalue weighted by Crippen LogP contribution is -2.52. The van der Waals surface area contributed by atoms with E-state index in [4.69, 9.17) is 0 Å². The summed E-state index contributed by atoms with van der Waals surface area (Å²) in [6.45, 7) is 5.18. The number of benzene rings is 1. The highest BCUT2D eigenvalue weighted by Gasteiger charge is 2.34. The Morgan fingerprint density at radius 3 is 2.35 bits per heavy atom. The molecule has 34 heavy (non-hydrogen) atoms. The molecule has 2 aromatic rings. The maximum absolute atomic E-state index is 13.4. The van der Waals surface area contributed by atoms with Crippen LogP contribution < -0.4 is 5.32 Å². The third kappa shape index (κ3) is 5.60. The summed E-state index contributed by atoms with van der Waals surface area (Å²) in [6, 6.07) is 6.39. The normalized spacial score (nSPS) is 20.2. The number of aromatic amines is 1. The van der Waals surface area contributed by atoms with E-state index < -0.39 is 17.9 Å². The summed E-state index contributed by atoms with van der Waals surface area (Å²) in [5.41, 5.74) is 1.28. The van der Waals surface area contributed by atoms with Crippen LogP contribution in [0.5, 0.6) is 0 Å². The van der Waals surface area contributed by atoms with E-state index in [1.54, 1.807) is 19.1 Å². The molecule has 2 aliphatic rings. The fraction of sp³-hybridized carbons (Fsp3) is 0.577. The number of hydrogen-bond donors (Lipinski definition) is 3. The van der Waals surface area contributed by atoms with Gasteiger partial charge < -0.3 is 25.2 Å². The smallest absolute Gasteiger partial charge is 0.306 e. The van der Waals surface area contributed by atoms with Gasteiger partial charge in [0.2, 0.25) is 5.91 Å². The number of nitrogens with zero attached hydrogens (tertiary/aromatic N) is 2. The molecule has 2 fully saturated rings. The number of rotatable bonds is 7. The van der Waals surface area contributed by atoms with E-state index in [9.17, 15) is 19.5 Å². The number of aromatic nitrogens is 1. The zero-order chi connectivity index (χ0) is 24.2. The average Bonchev–Trinajstić information content (AvgIpc) is 3.31. The SMILES string of the molecule is CC(C[C@@H](NC(=O)c1ccc2cc[nH]c2c1)C(=O)N1CCC(C2CCN(C)CC2)CC1)C(=O)O. The van der Waals surface area contributed by atoms with Crippen LogP contribution in [0.3, 0.4) is 0 Å². The van der Waals surface area contributed by atoms with E-state index in [-0.39, 0.29) is 18.2 Å². The van der Waals surface area contributed by atoms with Crippen LogP contribution in [0.25, 0.3) is 10.9 Å². The molecule has 3 heterocycles. The first kappa shape index (κ1) is 24.3. The Balaban J connectivity index is 1.41. The van der Waals surface area contributed by atoms with Crippen LogP contribution in [-0.2, 0) is 9.59 Å². The Hall–Kier alpha value is -2.87. The lowest BCUT2D eigenvalue weighted by molar-refractivity contribution is -0.142. The number of hydrogen-bond acceptors (Lipinski definition) is 4. The fourth-order valence-electron chi connectivity index (χ4n) is 5.42. The van der Waals surface area contributed by atoms with Gasteiger partial charge in [0.05, 0.1) is 5.92 Å². The molecule has 0 saturated carbocycles. The molecular formula is C26H36N4O4. The number of fused-ring (bicyclic) bond motifs is 1. The van der Waals surface area contributed by atoms with Crippen molar-refractivity contribution in [2.45, 2.75) is 45.1 Å². The molecule has 8 nitrogen and oxygen atoms in total. The Morgan fingerprint density at radius 1 is 1.06 bits per heavy atom. The molecule has 1 aromatic carbocycles. The van der Waals surface area contributed by atoms with Gasteiger partial charge in [-0.2, -0.15) is 0 Å². The zero-order valence-corrected chi connectivity index (χ0v) is 20.1. The summed E-state index contributed by atoms with van der Waals surface area (Å²) in [6.07, 6.45) is 6.25. The number of carboxylic acid groups (broad SMARTS) is 1. The molecule has 3 N–H and O–H groups in total. The summed E-state index contributed by atoms with van der Waals surface area (Å²) >= 11 is 0. The summed E-state index contributed by atoms with van der Waals surface area (Å²) in [7, 11) is 2.17. The van der Waals surface area contributed by atoms with Crippen molar-refractivity contribution < 1.29 is 19.5 Å². The first-order valence-corrected chi connectivity index (χ1v) is 12.4. The molecule has 0 radical (unpaired) electrons. The maximum Gasteiger partial charge on any atom is 0.306 e. The second kappa shape index (κ2) is 10.6. The minimum absolute atomic E-state index is 0.0690. The highest BCUT2D eigenvalue weighted by Crippen LogP contribution is 2.32. The number of carboxylic acids is 1. The van der Waals surface area contributed by atoms with Crippen molar-refractivity contribution in [1.29, 1.82) is 0 Å². The van der Waals surface area contributed by atoms with Gasteiger partial charge in [0, 0.05) is 30.4 Å². The molecule has 4 rings (SSSR count). The lowest BCUT2D eigenvalue weighted by Gasteiger charge is -2.40. The van der Waals surface area contributed by atoms with Gasteiger partial charge in [-0.05, 0) is 87.7 Å². The molecule has 1 unspecified atom stereocenters. The molecule has 8 heteroatoms. The van der Waals surface area contributed by atoms with E-state index in [2.05, 4.69) is 22.2 Å². The van der Waals surface area contributed by atoms with E-state index in [0.717, 1.165) is 42.8 Å². The van der Waals surface area contributed by atoms with Crippen LogP contribution in [0.2, 0.25) is 0 Å². The molecular weight excluding hydrogens is 432 g/mol. The highest BCUT2D eigenvalue weighted by molar-refractivity contribution is 6.00. The monoisotopic (exact) mass is 468 g/mol. The van der Waals surface area contributed by atoms with Crippen molar-refractivity contribution in [3.05, 3.63) is 36.0 Å². The molecule has 0 spiro atoms. The van der Waals surface area contributed by atoms with Gasteiger partial charge in [0.1, 0.15) is 6.04 Å². The second-order valence-corrected chi connectivity index (χ2v) is 10.1. The Kier molecular flexibility index (Phi) is 7.56. The predicted molar refractivity (Wildman–Crippen MR) is 130 cm³/mol. The van der Waals surface area contributed by atoms with Gasteiger partial charge in [-0.3, -0.25) is 14.4 Å². The first-order valence-electron chi connectivity index (χ1n) is 12.4. The number of aliphatic carboxylic acids is 1. The molecule has 2 aliphatic heterocycles. The second-order valence-electron chi connectivity index (χ2n) is 10.1. The molecule has 184 valence electrons. The van der Waals surface area contributed by atoms with Crippen molar-refractivity contribution in [3.63, 3.8) is 0 Å². The van der Waals surface area contributed by atoms with Gasteiger partial charge in [-0.15, -0.1) is 0 Å². The van der Waals surface area contributed by atoms with Crippen LogP contribution in [0.4, 0.5) is 0 Å². The number of nitrogens with one attached hydrogen (secondary N) is 2. The molecule has 0 aliphatic carbocycles. The van der Waals surface area contributed by atoms with Crippen molar-refractivity contribution in [2.75, 3.05) is 33.2 Å². The number of H-pyrrole nitrogens is 1. The van der Waals surface area contributed by atoms with Crippen molar-refractivity contribution in [2.24, 2.45) is 17.8 Å². The quantitative estimate of drug-likeness (QED) is 0.579. The minimum Gasteiger partial charge on any atom is -0.481 e. The number of amides is 2. The molecule has 2 atom stereocenters. The van der Waals surface area contributed by atoms with Gasteiger partial charge in [-0.1, -0.05) is 13.0 Å². The van der Waals surface area contributed by atoms with E-state index in [1.165, 1.54) is 12.8 Å². The largest absolute Gasteiger partial charge is 0.481 e. The Labute approximate surface area is 200 Å². The third-order valence-corrected chi connectivity index (χ3v) is 7.71. The van der Waals surface area contributed by atoms with Gasteiger partial charge in [0.15, 0.2) is 0 Å². The molecule has 0 bridgehead atoms. The van der Waals surface area contributed by atoms with Crippen LogP contribution in [0, 0.1) is 17.8 Å². The van der Waals surface area contributed by atoms with E-state index in [0.29, 0.717) is 24.6 Å². The topological polar surface area (TPSA) is 106 Å².